The summed E-state index contributed by atoms with van der Waals surface area (Å²) in [5.41, 5.74) is -0.144. The van der Waals surface area contributed by atoms with Gasteiger partial charge >= 0.3 is 0 Å². The van der Waals surface area contributed by atoms with Crippen molar-refractivity contribution < 1.29 is 9.59 Å². The first-order valence-corrected chi connectivity index (χ1v) is 8.27. The van der Waals surface area contributed by atoms with E-state index >= 15 is 0 Å². The Labute approximate surface area is 137 Å². The van der Waals surface area contributed by atoms with Crippen molar-refractivity contribution in [3.8, 4) is 0 Å². The first-order chi connectivity index (χ1) is 10.0. The van der Waals surface area contributed by atoms with Gasteiger partial charge in [0.05, 0.1) is 10.7 Å². The molecule has 0 unspecified atom stereocenters. The second-order valence-corrected chi connectivity index (χ2v) is 7.00. The molecule has 0 bridgehead atoms. The van der Waals surface area contributed by atoms with E-state index in [-0.39, 0.29) is 18.4 Å². The minimum absolute atomic E-state index is 0.0246. The number of benzene rings is 1. The third-order valence-electron chi connectivity index (χ3n) is 4.24. The van der Waals surface area contributed by atoms with E-state index in [2.05, 4.69) is 21.2 Å². The maximum atomic E-state index is 12.9. The van der Waals surface area contributed by atoms with Gasteiger partial charge in [-0.2, -0.15) is 0 Å². The fraction of sp³-hybridized carbons (Fsp3) is 0.467. The van der Waals surface area contributed by atoms with Crippen LogP contribution in [0.4, 0.5) is 5.69 Å². The summed E-state index contributed by atoms with van der Waals surface area (Å²) in [4.78, 5) is 26.6. The number of nitrogens with one attached hydrogen (secondary N) is 1. The molecule has 1 aliphatic carbocycles. The van der Waals surface area contributed by atoms with E-state index < -0.39 is 5.54 Å². The Hall–Kier alpha value is -1.07. The highest BCUT2D eigenvalue weighted by Crippen LogP contribution is 2.36. The van der Waals surface area contributed by atoms with Crippen molar-refractivity contribution in [3.63, 3.8) is 0 Å². The van der Waals surface area contributed by atoms with Crippen molar-refractivity contribution in [3.05, 3.63) is 27.7 Å². The van der Waals surface area contributed by atoms with E-state index in [1.165, 1.54) is 4.90 Å². The second-order valence-electron chi connectivity index (χ2n) is 5.68. The van der Waals surface area contributed by atoms with Gasteiger partial charge in [0.1, 0.15) is 12.1 Å². The highest BCUT2D eigenvalue weighted by Gasteiger charge is 2.47. The summed E-state index contributed by atoms with van der Waals surface area (Å²) in [5.74, 6) is -0.158. The van der Waals surface area contributed by atoms with Gasteiger partial charge in [0.2, 0.25) is 5.91 Å². The standard InChI is InChI=1S/C15H16BrClN2O2/c16-10-4-5-11(17)12(8-10)19-9-13(20)18-15(14(19)21)6-2-1-3-7-15/h4-5,8H,1-3,6-7,9H2,(H,18,20). The molecular weight excluding hydrogens is 356 g/mol. The Morgan fingerprint density at radius 2 is 1.90 bits per heavy atom. The molecule has 1 N–H and O–H groups in total. The van der Waals surface area contributed by atoms with Crippen LogP contribution in [-0.2, 0) is 9.59 Å². The van der Waals surface area contributed by atoms with Crippen molar-refractivity contribution in [1.82, 2.24) is 5.32 Å². The number of piperazine rings is 1. The van der Waals surface area contributed by atoms with Gasteiger partial charge in [-0.15, -0.1) is 0 Å². The van der Waals surface area contributed by atoms with Crippen molar-refractivity contribution in [2.24, 2.45) is 0 Å². The monoisotopic (exact) mass is 370 g/mol. The maximum Gasteiger partial charge on any atom is 0.253 e. The molecular formula is C15H16BrClN2O2. The molecule has 112 valence electrons. The lowest BCUT2D eigenvalue weighted by Crippen LogP contribution is -2.67. The Bertz CT molecular complexity index is 599. The van der Waals surface area contributed by atoms with E-state index in [0.29, 0.717) is 23.6 Å². The number of amides is 2. The fourth-order valence-electron chi connectivity index (χ4n) is 3.22. The SMILES string of the molecule is O=C1CN(c2cc(Br)ccc2Cl)C(=O)C2(CCCCC2)N1. The molecule has 1 saturated carbocycles. The topological polar surface area (TPSA) is 49.4 Å². The van der Waals surface area contributed by atoms with Crippen LogP contribution >= 0.6 is 27.5 Å². The Balaban J connectivity index is 1.99. The molecule has 3 rings (SSSR count). The molecule has 21 heavy (non-hydrogen) atoms. The highest BCUT2D eigenvalue weighted by atomic mass is 79.9. The third-order valence-corrected chi connectivity index (χ3v) is 5.05. The summed E-state index contributed by atoms with van der Waals surface area (Å²) >= 11 is 9.61. The summed E-state index contributed by atoms with van der Waals surface area (Å²) in [6.45, 7) is 0.0246. The average molecular weight is 372 g/mol. The molecule has 1 aromatic rings. The molecule has 1 spiro atoms. The smallest absolute Gasteiger partial charge is 0.253 e. The summed E-state index contributed by atoms with van der Waals surface area (Å²) in [6, 6.07) is 5.33. The molecule has 0 aromatic heterocycles. The van der Waals surface area contributed by atoms with Crippen LogP contribution < -0.4 is 10.2 Å². The number of carbonyl (C=O) groups excluding carboxylic acids is 2. The number of hydrogen-bond donors (Lipinski definition) is 1. The van der Waals surface area contributed by atoms with Crippen LogP contribution in [0.25, 0.3) is 0 Å². The van der Waals surface area contributed by atoms with E-state index in [1.54, 1.807) is 12.1 Å². The molecule has 2 amide bonds. The summed E-state index contributed by atoms with van der Waals surface area (Å²) in [6.07, 6.45) is 4.46. The lowest BCUT2D eigenvalue weighted by Gasteiger charge is -2.44. The van der Waals surface area contributed by atoms with Crippen LogP contribution in [0.5, 0.6) is 0 Å². The number of carbonyl (C=O) groups is 2. The second kappa shape index (κ2) is 5.61. The zero-order valence-corrected chi connectivity index (χ0v) is 13.8. The fourth-order valence-corrected chi connectivity index (χ4v) is 3.78. The molecule has 0 atom stereocenters. The lowest BCUT2D eigenvalue weighted by atomic mass is 9.79. The minimum Gasteiger partial charge on any atom is -0.340 e. The number of halogens is 2. The molecule has 1 aromatic carbocycles. The quantitative estimate of drug-likeness (QED) is 0.823. The van der Waals surface area contributed by atoms with Crippen molar-refractivity contribution in [2.75, 3.05) is 11.4 Å². The van der Waals surface area contributed by atoms with Crippen LogP contribution in [0.1, 0.15) is 32.1 Å². The van der Waals surface area contributed by atoms with Gasteiger partial charge in [0.25, 0.3) is 5.91 Å². The van der Waals surface area contributed by atoms with Gasteiger partial charge in [-0.1, -0.05) is 46.8 Å². The van der Waals surface area contributed by atoms with Gasteiger partial charge in [-0.05, 0) is 31.0 Å². The Kier molecular flexibility index (Phi) is 3.97. The van der Waals surface area contributed by atoms with Gasteiger partial charge < -0.3 is 5.32 Å². The average Bonchev–Trinajstić information content (AvgIpc) is 2.47. The third kappa shape index (κ3) is 2.69. The largest absolute Gasteiger partial charge is 0.340 e. The molecule has 4 nitrogen and oxygen atoms in total. The summed E-state index contributed by atoms with van der Waals surface area (Å²) < 4.78 is 0.832. The predicted octanol–water partition coefficient (Wildman–Crippen LogP) is 3.27. The normalized spacial score (nSPS) is 21.5. The van der Waals surface area contributed by atoms with Crippen molar-refractivity contribution >= 4 is 45.0 Å². The number of hydrogen-bond acceptors (Lipinski definition) is 2. The van der Waals surface area contributed by atoms with Gasteiger partial charge in [-0.25, -0.2) is 0 Å². The Morgan fingerprint density at radius 3 is 2.62 bits per heavy atom. The molecule has 6 heteroatoms. The summed E-state index contributed by atoms with van der Waals surface area (Å²) in [7, 11) is 0. The molecule has 1 aliphatic heterocycles. The van der Waals surface area contributed by atoms with E-state index in [0.717, 1.165) is 23.7 Å². The molecule has 1 heterocycles. The van der Waals surface area contributed by atoms with Crippen LogP contribution in [0, 0.1) is 0 Å². The molecule has 0 radical (unpaired) electrons. The number of anilines is 1. The first-order valence-electron chi connectivity index (χ1n) is 7.10. The molecule has 2 fully saturated rings. The van der Waals surface area contributed by atoms with Crippen LogP contribution in [0.2, 0.25) is 5.02 Å². The zero-order chi connectivity index (χ0) is 15.0. The summed E-state index contributed by atoms with van der Waals surface area (Å²) in [5, 5.41) is 3.41. The molecule has 1 saturated heterocycles. The van der Waals surface area contributed by atoms with E-state index in [1.807, 2.05) is 6.07 Å². The number of nitrogens with zero attached hydrogens (tertiary/aromatic N) is 1. The Morgan fingerprint density at radius 1 is 1.19 bits per heavy atom. The van der Waals surface area contributed by atoms with E-state index in [4.69, 9.17) is 11.6 Å². The lowest BCUT2D eigenvalue weighted by molar-refractivity contribution is -0.137. The maximum absolute atomic E-state index is 12.9. The van der Waals surface area contributed by atoms with Crippen LogP contribution in [0.3, 0.4) is 0 Å². The zero-order valence-electron chi connectivity index (χ0n) is 11.5. The molecule has 2 aliphatic rings. The highest BCUT2D eigenvalue weighted by molar-refractivity contribution is 9.10. The van der Waals surface area contributed by atoms with Crippen molar-refractivity contribution in [1.29, 1.82) is 0 Å². The van der Waals surface area contributed by atoms with Crippen LogP contribution in [0.15, 0.2) is 22.7 Å². The predicted molar refractivity (Wildman–Crippen MR) is 85.5 cm³/mol. The number of rotatable bonds is 1. The minimum atomic E-state index is -0.737. The van der Waals surface area contributed by atoms with E-state index in [9.17, 15) is 9.59 Å². The van der Waals surface area contributed by atoms with Gasteiger partial charge in [-0.3, -0.25) is 14.5 Å². The van der Waals surface area contributed by atoms with Gasteiger partial charge in [0, 0.05) is 4.47 Å². The van der Waals surface area contributed by atoms with Crippen molar-refractivity contribution in [2.45, 2.75) is 37.6 Å². The van der Waals surface area contributed by atoms with Crippen LogP contribution in [-0.4, -0.2) is 23.9 Å². The first kappa shape index (κ1) is 14.9. The van der Waals surface area contributed by atoms with Gasteiger partial charge in [0.15, 0.2) is 0 Å².